The van der Waals surface area contributed by atoms with Crippen molar-refractivity contribution in [2.75, 3.05) is 4.72 Å². The first-order valence-electron chi connectivity index (χ1n) is 4.88. The molecule has 0 saturated heterocycles. The molecule has 1 N–H and O–H groups in total. The lowest BCUT2D eigenvalue weighted by molar-refractivity contribution is -0.384. The Bertz CT molecular complexity index is 775. The molecule has 20 heavy (non-hydrogen) atoms. The number of thiazole rings is 1. The molecule has 0 atom stereocenters. The Balaban J connectivity index is 2.32. The predicted octanol–water partition coefficient (Wildman–Crippen LogP) is 3.16. The van der Waals surface area contributed by atoms with Crippen LogP contribution in [0.3, 0.4) is 0 Å². The average Bonchev–Trinajstić information content (AvgIpc) is 2.79. The molecule has 0 aliphatic carbocycles. The lowest BCUT2D eigenvalue weighted by Crippen LogP contribution is -2.11. The molecular formula is C9H5Cl2N3O4S2. The van der Waals surface area contributed by atoms with Crippen molar-refractivity contribution < 1.29 is 13.3 Å². The van der Waals surface area contributed by atoms with E-state index in [1.807, 2.05) is 0 Å². The van der Waals surface area contributed by atoms with Gasteiger partial charge in [0, 0.05) is 12.1 Å². The fourth-order valence-electron chi connectivity index (χ4n) is 1.26. The Morgan fingerprint density at radius 3 is 2.55 bits per heavy atom. The molecule has 0 radical (unpaired) electrons. The number of hydrogen-bond acceptors (Lipinski definition) is 6. The number of anilines is 1. The largest absolute Gasteiger partial charge is 0.277 e. The molecule has 0 spiro atoms. The van der Waals surface area contributed by atoms with Gasteiger partial charge in [0.25, 0.3) is 15.7 Å². The van der Waals surface area contributed by atoms with E-state index in [0.29, 0.717) is 0 Å². The minimum Gasteiger partial charge on any atom is -0.277 e. The van der Waals surface area contributed by atoms with Gasteiger partial charge < -0.3 is 0 Å². The highest BCUT2D eigenvalue weighted by atomic mass is 35.5. The van der Waals surface area contributed by atoms with Crippen LogP contribution in [0.4, 0.5) is 11.4 Å². The van der Waals surface area contributed by atoms with Crippen LogP contribution in [0, 0.1) is 10.1 Å². The summed E-state index contributed by atoms with van der Waals surface area (Å²) in [5.41, 5.74) is -0.208. The second-order valence-electron chi connectivity index (χ2n) is 3.46. The van der Waals surface area contributed by atoms with E-state index < -0.39 is 14.9 Å². The Morgan fingerprint density at radius 2 is 2.05 bits per heavy atom. The molecule has 11 heteroatoms. The number of hydrogen-bond donors (Lipinski definition) is 1. The number of benzene rings is 1. The van der Waals surface area contributed by atoms with Crippen LogP contribution in [0.2, 0.25) is 9.49 Å². The standard InChI is InChI=1S/C9H5Cl2N3O4S2/c10-6-3-5(14(15)16)1-2-7(6)13-20(17,18)8-4-12-9(11)19-8/h1-4,13H. The molecule has 0 saturated carbocycles. The summed E-state index contributed by atoms with van der Waals surface area (Å²) in [5.74, 6) is 0. The highest BCUT2D eigenvalue weighted by molar-refractivity contribution is 7.94. The summed E-state index contributed by atoms with van der Waals surface area (Å²) in [5, 5.41) is 10.5. The number of aromatic nitrogens is 1. The van der Waals surface area contributed by atoms with Crippen molar-refractivity contribution in [1.29, 1.82) is 0 Å². The number of sulfonamides is 1. The first-order chi connectivity index (χ1) is 9.29. The minimum absolute atomic E-state index is 0.0294. The third-order valence-electron chi connectivity index (χ3n) is 2.13. The van der Waals surface area contributed by atoms with E-state index in [2.05, 4.69) is 9.71 Å². The van der Waals surface area contributed by atoms with E-state index >= 15 is 0 Å². The molecule has 7 nitrogen and oxygen atoms in total. The van der Waals surface area contributed by atoms with Crippen LogP contribution in [-0.2, 0) is 10.0 Å². The second-order valence-corrected chi connectivity index (χ2v) is 7.39. The SMILES string of the molecule is O=[N+]([O-])c1ccc(NS(=O)(=O)c2cnc(Cl)s2)c(Cl)c1. The van der Waals surface area contributed by atoms with Gasteiger partial charge in [-0.05, 0) is 6.07 Å². The van der Waals surface area contributed by atoms with Gasteiger partial charge in [0.05, 0.1) is 21.8 Å². The second kappa shape index (κ2) is 5.52. The van der Waals surface area contributed by atoms with E-state index in [1.165, 1.54) is 6.07 Å². The summed E-state index contributed by atoms with van der Waals surface area (Å²) < 4.78 is 26.2. The van der Waals surface area contributed by atoms with E-state index in [0.717, 1.165) is 29.7 Å². The molecule has 0 aliphatic rings. The predicted molar refractivity (Wildman–Crippen MR) is 76.0 cm³/mol. The molecule has 0 fully saturated rings. The highest BCUT2D eigenvalue weighted by Crippen LogP contribution is 2.30. The number of halogens is 2. The fraction of sp³-hybridized carbons (Fsp3) is 0. The molecule has 0 unspecified atom stereocenters. The van der Waals surface area contributed by atoms with Crippen molar-refractivity contribution >= 4 is 55.9 Å². The number of nitrogens with zero attached hydrogens (tertiary/aromatic N) is 2. The van der Waals surface area contributed by atoms with Gasteiger partial charge >= 0.3 is 0 Å². The van der Waals surface area contributed by atoms with Crippen molar-refractivity contribution in [2.24, 2.45) is 0 Å². The maximum Gasteiger partial charge on any atom is 0.273 e. The van der Waals surface area contributed by atoms with Crippen molar-refractivity contribution in [1.82, 2.24) is 4.98 Å². The Labute approximate surface area is 127 Å². The van der Waals surface area contributed by atoms with E-state index in [1.54, 1.807) is 0 Å². The van der Waals surface area contributed by atoms with Gasteiger partial charge in [0.2, 0.25) is 0 Å². The van der Waals surface area contributed by atoms with Gasteiger partial charge in [-0.25, -0.2) is 13.4 Å². The molecule has 1 aromatic carbocycles. The number of rotatable bonds is 4. The van der Waals surface area contributed by atoms with Crippen LogP contribution in [0.1, 0.15) is 0 Å². The van der Waals surface area contributed by atoms with E-state index in [9.17, 15) is 18.5 Å². The van der Waals surface area contributed by atoms with Crippen molar-refractivity contribution in [3.8, 4) is 0 Å². The Morgan fingerprint density at radius 1 is 1.35 bits per heavy atom. The smallest absolute Gasteiger partial charge is 0.273 e. The zero-order valence-corrected chi connectivity index (χ0v) is 12.6. The normalized spacial score (nSPS) is 11.3. The van der Waals surface area contributed by atoms with Crippen LogP contribution >= 0.6 is 34.5 Å². The summed E-state index contributed by atoms with van der Waals surface area (Å²) in [4.78, 5) is 13.6. The van der Waals surface area contributed by atoms with Gasteiger partial charge in [-0.15, -0.1) is 0 Å². The number of non-ortho nitro benzene ring substituents is 1. The molecule has 2 aromatic rings. The first-order valence-corrected chi connectivity index (χ1v) is 7.93. The fourth-order valence-corrected chi connectivity index (χ4v) is 3.91. The van der Waals surface area contributed by atoms with Crippen LogP contribution in [0.5, 0.6) is 0 Å². The van der Waals surface area contributed by atoms with Gasteiger partial charge in [0.1, 0.15) is 0 Å². The van der Waals surface area contributed by atoms with Gasteiger partial charge in [-0.1, -0.05) is 34.5 Å². The molecule has 106 valence electrons. The third-order valence-corrected chi connectivity index (χ3v) is 5.38. The van der Waals surface area contributed by atoms with Crippen molar-refractivity contribution in [3.05, 3.63) is 44.0 Å². The number of nitro groups is 1. The molecule has 0 amide bonds. The first kappa shape index (κ1) is 15.0. The summed E-state index contributed by atoms with van der Waals surface area (Å²) in [6.07, 6.45) is 1.11. The van der Waals surface area contributed by atoms with Gasteiger partial charge in [-0.3, -0.25) is 14.8 Å². The Hall–Kier alpha value is -1.42. The molecule has 0 bridgehead atoms. The van der Waals surface area contributed by atoms with Crippen molar-refractivity contribution in [2.45, 2.75) is 4.21 Å². The van der Waals surface area contributed by atoms with Crippen molar-refractivity contribution in [3.63, 3.8) is 0 Å². The minimum atomic E-state index is -3.88. The molecule has 1 heterocycles. The van der Waals surface area contributed by atoms with Gasteiger partial charge in [-0.2, -0.15) is 0 Å². The number of nitrogens with one attached hydrogen (secondary N) is 1. The molecule has 2 rings (SSSR count). The zero-order valence-electron chi connectivity index (χ0n) is 9.41. The molecule has 1 aromatic heterocycles. The summed E-state index contributed by atoms with van der Waals surface area (Å²) in [6.45, 7) is 0. The molecular weight excluding hydrogens is 349 g/mol. The van der Waals surface area contributed by atoms with E-state index in [-0.39, 0.29) is 25.1 Å². The number of nitro benzene ring substituents is 1. The maximum absolute atomic E-state index is 12.0. The molecule has 0 aliphatic heterocycles. The van der Waals surface area contributed by atoms with Crippen LogP contribution in [0.25, 0.3) is 0 Å². The van der Waals surface area contributed by atoms with Crippen LogP contribution < -0.4 is 4.72 Å². The Kier molecular flexibility index (Phi) is 4.14. The van der Waals surface area contributed by atoms with Gasteiger partial charge in [0.15, 0.2) is 8.68 Å². The van der Waals surface area contributed by atoms with Crippen LogP contribution in [-0.4, -0.2) is 18.3 Å². The topological polar surface area (TPSA) is 102 Å². The summed E-state index contributed by atoms with van der Waals surface area (Å²) >= 11 is 12.2. The van der Waals surface area contributed by atoms with E-state index in [4.69, 9.17) is 23.2 Å². The van der Waals surface area contributed by atoms with Crippen LogP contribution in [0.15, 0.2) is 28.6 Å². The third kappa shape index (κ3) is 3.18. The monoisotopic (exact) mass is 353 g/mol. The lowest BCUT2D eigenvalue weighted by atomic mass is 10.3. The summed E-state index contributed by atoms with van der Waals surface area (Å²) in [7, 11) is -3.88. The highest BCUT2D eigenvalue weighted by Gasteiger charge is 2.20. The lowest BCUT2D eigenvalue weighted by Gasteiger charge is -2.07. The maximum atomic E-state index is 12.0. The summed E-state index contributed by atoms with van der Waals surface area (Å²) in [6, 6.07) is 3.41. The zero-order chi connectivity index (χ0) is 14.9. The quantitative estimate of drug-likeness (QED) is 0.671. The average molecular weight is 354 g/mol.